The summed E-state index contributed by atoms with van der Waals surface area (Å²) in [5.41, 5.74) is 0. The second-order valence-corrected chi connectivity index (χ2v) is 10.2. The Balaban J connectivity index is 3.00. The van der Waals surface area contributed by atoms with Crippen molar-refractivity contribution in [3.8, 4) is 0 Å². The van der Waals surface area contributed by atoms with Gasteiger partial charge in [-0.3, -0.25) is 4.79 Å². The van der Waals surface area contributed by atoms with Gasteiger partial charge in [-0.1, -0.05) is 167 Å². The number of carbonyl (C=O) groups excluding carboxylic acids is 1. The van der Waals surface area contributed by atoms with Crippen LogP contribution in [0.1, 0.15) is 181 Å². The lowest BCUT2D eigenvalue weighted by molar-refractivity contribution is -0.141. The van der Waals surface area contributed by atoms with Crippen LogP contribution in [0.15, 0.2) is 0 Å². The second kappa shape index (κ2) is 28.5. The van der Waals surface area contributed by atoms with Gasteiger partial charge in [0.25, 0.3) is 0 Å². The number of carbonyl (C=O) groups is 1. The molecule has 0 aliphatic carbocycles. The van der Waals surface area contributed by atoms with Crippen LogP contribution in [0.2, 0.25) is 0 Å². The summed E-state index contributed by atoms with van der Waals surface area (Å²) >= 11 is 0. The molecule has 0 aliphatic heterocycles. The molecule has 0 N–H and O–H groups in total. The van der Waals surface area contributed by atoms with Crippen LogP contribution in [-0.2, 0) is 9.53 Å². The Hall–Kier alpha value is -0.530. The van der Waals surface area contributed by atoms with E-state index >= 15 is 0 Å². The summed E-state index contributed by atoms with van der Waals surface area (Å²) in [7, 11) is 0. The zero-order valence-corrected chi connectivity index (χ0v) is 22.4. The van der Waals surface area contributed by atoms with Crippen LogP contribution in [0.5, 0.6) is 0 Å². The van der Waals surface area contributed by atoms with Gasteiger partial charge in [0.2, 0.25) is 0 Å². The van der Waals surface area contributed by atoms with Gasteiger partial charge in [0, 0.05) is 6.92 Å². The average molecular weight is 453 g/mol. The number of unbranched alkanes of at least 4 members (excludes halogenated alkanes) is 25. The van der Waals surface area contributed by atoms with Crippen molar-refractivity contribution in [1.82, 2.24) is 0 Å². The SMILES string of the molecule is CCCCCCCCCCCCCCCCCCCCCCCCCCCCOC(C)=O. The molecule has 0 heterocycles. The minimum Gasteiger partial charge on any atom is -0.466 e. The molecule has 0 amide bonds. The van der Waals surface area contributed by atoms with Crippen LogP contribution < -0.4 is 0 Å². The maximum absolute atomic E-state index is 10.7. The minimum absolute atomic E-state index is 0.149. The molecule has 32 heavy (non-hydrogen) atoms. The lowest BCUT2D eigenvalue weighted by atomic mass is 10.0. The maximum Gasteiger partial charge on any atom is 0.302 e. The highest BCUT2D eigenvalue weighted by molar-refractivity contribution is 5.65. The molecule has 0 aliphatic rings. The molecular weight excluding hydrogens is 392 g/mol. The highest BCUT2D eigenvalue weighted by Gasteiger charge is 1.97. The van der Waals surface area contributed by atoms with Crippen LogP contribution in [0.25, 0.3) is 0 Å². The van der Waals surface area contributed by atoms with E-state index < -0.39 is 0 Å². The molecule has 0 aromatic heterocycles. The number of hydrogen-bond acceptors (Lipinski definition) is 2. The van der Waals surface area contributed by atoms with Crippen LogP contribution in [-0.4, -0.2) is 12.6 Å². The zero-order valence-electron chi connectivity index (χ0n) is 22.4. The van der Waals surface area contributed by atoms with Gasteiger partial charge in [-0.05, 0) is 6.42 Å². The third-order valence-corrected chi connectivity index (χ3v) is 6.80. The Morgan fingerprint density at radius 1 is 0.406 bits per heavy atom. The molecule has 0 aromatic carbocycles. The Kier molecular flexibility index (Phi) is 28.0. The van der Waals surface area contributed by atoms with Gasteiger partial charge in [0.05, 0.1) is 6.61 Å². The molecule has 0 rings (SSSR count). The van der Waals surface area contributed by atoms with Gasteiger partial charge in [0.1, 0.15) is 0 Å². The van der Waals surface area contributed by atoms with Crippen LogP contribution in [0, 0.1) is 0 Å². The molecule has 2 nitrogen and oxygen atoms in total. The van der Waals surface area contributed by atoms with E-state index in [0.29, 0.717) is 6.61 Å². The summed E-state index contributed by atoms with van der Waals surface area (Å²) in [4.78, 5) is 10.7. The van der Waals surface area contributed by atoms with Crippen molar-refractivity contribution in [2.24, 2.45) is 0 Å². The quantitative estimate of drug-likeness (QED) is 0.0914. The van der Waals surface area contributed by atoms with E-state index in [9.17, 15) is 4.79 Å². The van der Waals surface area contributed by atoms with Crippen LogP contribution >= 0.6 is 0 Å². The Morgan fingerprint density at radius 3 is 0.844 bits per heavy atom. The lowest BCUT2D eigenvalue weighted by Crippen LogP contribution is -2.00. The van der Waals surface area contributed by atoms with Gasteiger partial charge < -0.3 is 4.74 Å². The molecule has 0 bridgehead atoms. The number of hydrogen-bond donors (Lipinski definition) is 0. The van der Waals surface area contributed by atoms with Crippen molar-refractivity contribution in [1.29, 1.82) is 0 Å². The molecule has 0 aromatic rings. The normalized spacial score (nSPS) is 11.2. The molecule has 0 spiro atoms. The van der Waals surface area contributed by atoms with Gasteiger partial charge in [-0.2, -0.15) is 0 Å². The largest absolute Gasteiger partial charge is 0.466 e. The predicted molar refractivity (Wildman–Crippen MR) is 142 cm³/mol. The van der Waals surface area contributed by atoms with Gasteiger partial charge in [-0.15, -0.1) is 0 Å². The van der Waals surface area contributed by atoms with Gasteiger partial charge >= 0.3 is 5.97 Å². The van der Waals surface area contributed by atoms with Crippen molar-refractivity contribution in [3.05, 3.63) is 0 Å². The van der Waals surface area contributed by atoms with E-state index in [1.54, 1.807) is 0 Å². The fourth-order valence-corrected chi connectivity index (χ4v) is 4.63. The average Bonchev–Trinajstić information content (AvgIpc) is 2.78. The van der Waals surface area contributed by atoms with E-state index in [2.05, 4.69) is 6.92 Å². The van der Waals surface area contributed by atoms with Gasteiger partial charge in [-0.25, -0.2) is 0 Å². The Labute approximate surface area is 203 Å². The first-order chi connectivity index (χ1) is 15.8. The molecular formula is C30H60O2. The smallest absolute Gasteiger partial charge is 0.302 e. The molecule has 0 radical (unpaired) electrons. The summed E-state index contributed by atoms with van der Waals surface area (Å²) in [6.07, 6.45) is 36.8. The van der Waals surface area contributed by atoms with Crippen molar-refractivity contribution in [2.75, 3.05) is 6.61 Å². The molecule has 2 heteroatoms. The Morgan fingerprint density at radius 2 is 0.625 bits per heavy atom. The fourth-order valence-electron chi connectivity index (χ4n) is 4.63. The lowest BCUT2D eigenvalue weighted by Gasteiger charge is -2.04. The van der Waals surface area contributed by atoms with E-state index in [4.69, 9.17) is 4.74 Å². The summed E-state index contributed by atoms with van der Waals surface area (Å²) < 4.78 is 4.96. The maximum atomic E-state index is 10.7. The summed E-state index contributed by atoms with van der Waals surface area (Å²) in [6, 6.07) is 0. The van der Waals surface area contributed by atoms with E-state index in [1.165, 1.54) is 167 Å². The standard InChI is InChI=1S/C30H60O2/c1-3-4-5-6-7-8-9-10-11-12-13-14-15-16-17-18-19-20-21-22-23-24-25-26-27-28-29-32-30(2)31/h3-29H2,1-2H3. The highest BCUT2D eigenvalue weighted by atomic mass is 16.5. The molecule has 0 unspecified atom stereocenters. The highest BCUT2D eigenvalue weighted by Crippen LogP contribution is 2.15. The van der Waals surface area contributed by atoms with Gasteiger partial charge in [0.15, 0.2) is 0 Å². The summed E-state index contributed by atoms with van der Waals surface area (Å²) in [6.45, 7) is 4.39. The molecule has 0 atom stereocenters. The summed E-state index contributed by atoms with van der Waals surface area (Å²) in [5.74, 6) is -0.149. The zero-order chi connectivity index (χ0) is 23.4. The van der Waals surface area contributed by atoms with Crippen molar-refractivity contribution >= 4 is 5.97 Å². The van der Waals surface area contributed by atoms with Crippen molar-refractivity contribution < 1.29 is 9.53 Å². The second-order valence-electron chi connectivity index (χ2n) is 10.2. The first-order valence-electron chi connectivity index (χ1n) is 14.9. The number of rotatable bonds is 27. The van der Waals surface area contributed by atoms with E-state index in [0.717, 1.165) is 6.42 Å². The first-order valence-corrected chi connectivity index (χ1v) is 14.9. The monoisotopic (exact) mass is 452 g/mol. The van der Waals surface area contributed by atoms with E-state index in [-0.39, 0.29) is 5.97 Å². The molecule has 0 fully saturated rings. The van der Waals surface area contributed by atoms with Crippen LogP contribution in [0.3, 0.4) is 0 Å². The third-order valence-electron chi connectivity index (χ3n) is 6.80. The number of esters is 1. The molecule has 0 saturated carbocycles. The number of ether oxygens (including phenoxy) is 1. The fraction of sp³-hybridized carbons (Fsp3) is 0.967. The topological polar surface area (TPSA) is 26.3 Å². The minimum atomic E-state index is -0.149. The molecule has 192 valence electrons. The third kappa shape index (κ3) is 29.5. The van der Waals surface area contributed by atoms with Crippen molar-refractivity contribution in [2.45, 2.75) is 181 Å². The summed E-state index contributed by atoms with van der Waals surface area (Å²) in [5, 5.41) is 0. The predicted octanol–water partition coefficient (Wildman–Crippen LogP) is 10.7. The van der Waals surface area contributed by atoms with E-state index in [1.807, 2.05) is 0 Å². The van der Waals surface area contributed by atoms with Crippen molar-refractivity contribution in [3.63, 3.8) is 0 Å². The Bertz CT molecular complexity index is 353. The van der Waals surface area contributed by atoms with Crippen LogP contribution in [0.4, 0.5) is 0 Å². The first kappa shape index (κ1) is 31.5. The molecule has 0 saturated heterocycles.